The number of nitrogens with zero attached hydrogens (tertiary/aromatic N) is 1. The molecule has 4 rings (SSSR count). The average Bonchev–Trinajstić information content (AvgIpc) is 3.19. The lowest BCUT2D eigenvalue weighted by molar-refractivity contribution is -0.139. The number of pyridine rings is 1. The van der Waals surface area contributed by atoms with Crippen LogP contribution in [0.2, 0.25) is 10.0 Å². The molecule has 0 saturated carbocycles. The molecule has 198 valence electrons. The molecular weight excluding hydrogens is 622 g/mol. The fraction of sp³-hybridized carbons (Fsp3) is 0.261. The van der Waals surface area contributed by atoms with E-state index in [1.807, 2.05) is 0 Å². The van der Waals surface area contributed by atoms with Gasteiger partial charge in [-0.2, -0.15) is 13.2 Å². The largest absolute Gasteiger partial charge is 0.485 e. The van der Waals surface area contributed by atoms with Crippen molar-refractivity contribution in [3.05, 3.63) is 68.7 Å². The van der Waals surface area contributed by atoms with E-state index in [1.165, 1.54) is 24.3 Å². The molecule has 1 aliphatic rings. The van der Waals surface area contributed by atoms with Crippen LogP contribution in [0.15, 0.2) is 58.0 Å². The van der Waals surface area contributed by atoms with Crippen molar-refractivity contribution in [1.29, 1.82) is 0 Å². The van der Waals surface area contributed by atoms with Gasteiger partial charge in [0.1, 0.15) is 22.0 Å². The molecule has 1 atom stereocenters. The van der Waals surface area contributed by atoms with Gasteiger partial charge in [-0.3, -0.25) is 4.72 Å². The molecule has 0 radical (unpaired) electrons. The van der Waals surface area contributed by atoms with Crippen LogP contribution in [-0.4, -0.2) is 32.1 Å². The van der Waals surface area contributed by atoms with Crippen molar-refractivity contribution in [2.45, 2.75) is 30.0 Å². The van der Waals surface area contributed by atoms with Crippen LogP contribution in [0.1, 0.15) is 18.9 Å². The SMILES string of the molecule is C[C@@]1(Oc2cc(NS(=O)(=O)c3cnc(Oc4cc(Cl)cc(Cl)c4)c(Br)c3)ccc2C(F)(F)F)CCNC1. The number of rotatable bonds is 7. The maximum Gasteiger partial charge on any atom is 0.419 e. The Morgan fingerprint density at radius 2 is 1.84 bits per heavy atom. The van der Waals surface area contributed by atoms with Crippen LogP contribution >= 0.6 is 39.1 Å². The van der Waals surface area contributed by atoms with Gasteiger partial charge in [0, 0.05) is 29.1 Å². The molecular formula is C23H19BrCl2F3N3O4S. The van der Waals surface area contributed by atoms with Crippen molar-refractivity contribution in [2.75, 3.05) is 17.8 Å². The van der Waals surface area contributed by atoms with Crippen molar-refractivity contribution in [2.24, 2.45) is 0 Å². The van der Waals surface area contributed by atoms with Crippen molar-refractivity contribution < 1.29 is 31.1 Å². The summed E-state index contributed by atoms with van der Waals surface area (Å²) in [6, 6.07) is 8.57. The molecule has 1 saturated heterocycles. The number of hydrogen-bond acceptors (Lipinski definition) is 6. The lowest BCUT2D eigenvalue weighted by Gasteiger charge is -2.27. The summed E-state index contributed by atoms with van der Waals surface area (Å²) < 4.78 is 80.6. The van der Waals surface area contributed by atoms with Gasteiger partial charge in [-0.25, -0.2) is 13.4 Å². The summed E-state index contributed by atoms with van der Waals surface area (Å²) in [5.41, 5.74) is -1.98. The molecule has 3 aromatic rings. The second-order valence-corrected chi connectivity index (χ2v) is 11.9. The highest BCUT2D eigenvalue weighted by atomic mass is 79.9. The lowest BCUT2D eigenvalue weighted by Crippen LogP contribution is -2.35. The number of alkyl halides is 3. The Balaban J connectivity index is 1.59. The Kier molecular flexibility index (Phi) is 7.87. The van der Waals surface area contributed by atoms with Gasteiger partial charge < -0.3 is 14.8 Å². The summed E-state index contributed by atoms with van der Waals surface area (Å²) in [5.74, 6) is -0.147. The molecule has 0 spiro atoms. The molecule has 0 bridgehead atoms. The van der Waals surface area contributed by atoms with Crippen LogP contribution in [0, 0.1) is 0 Å². The monoisotopic (exact) mass is 639 g/mol. The summed E-state index contributed by atoms with van der Waals surface area (Å²) in [4.78, 5) is 3.77. The van der Waals surface area contributed by atoms with E-state index < -0.39 is 33.1 Å². The third-order valence-corrected chi connectivity index (χ3v) is 7.72. The summed E-state index contributed by atoms with van der Waals surface area (Å²) in [5, 5.41) is 3.71. The van der Waals surface area contributed by atoms with Gasteiger partial charge in [0.05, 0.1) is 21.9 Å². The number of aromatic nitrogens is 1. The summed E-state index contributed by atoms with van der Waals surface area (Å²) in [6.07, 6.45) is -3.15. The van der Waals surface area contributed by atoms with E-state index >= 15 is 0 Å². The van der Waals surface area contributed by atoms with Crippen LogP contribution < -0.4 is 19.5 Å². The van der Waals surface area contributed by atoms with Gasteiger partial charge in [0.25, 0.3) is 10.0 Å². The van der Waals surface area contributed by atoms with E-state index in [1.54, 1.807) is 6.92 Å². The number of benzene rings is 2. The predicted molar refractivity (Wildman–Crippen MR) is 137 cm³/mol. The Bertz CT molecular complexity index is 1410. The van der Waals surface area contributed by atoms with E-state index in [4.69, 9.17) is 32.7 Å². The molecule has 37 heavy (non-hydrogen) atoms. The van der Waals surface area contributed by atoms with Gasteiger partial charge >= 0.3 is 6.18 Å². The zero-order chi connectivity index (χ0) is 27.0. The van der Waals surface area contributed by atoms with Crippen molar-refractivity contribution >= 4 is 54.8 Å². The Morgan fingerprint density at radius 1 is 1.14 bits per heavy atom. The molecule has 0 aliphatic carbocycles. The first-order valence-corrected chi connectivity index (χ1v) is 13.7. The van der Waals surface area contributed by atoms with E-state index in [9.17, 15) is 21.6 Å². The minimum atomic E-state index is -4.69. The van der Waals surface area contributed by atoms with Crippen LogP contribution in [-0.2, 0) is 16.2 Å². The third kappa shape index (κ3) is 6.80. The normalized spacial score (nSPS) is 18.0. The second-order valence-electron chi connectivity index (χ2n) is 8.46. The molecule has 14 heteroatoms. The Morgan fingerprint density at radius 3 is 2.43 bits per heavy atom. The van der Waals surface area contributed by atoms with Crippen LogP contribution in [0.4, 0.5) is 18.9 Å². The first-order valence-electron chi connectivity index (χ1n) is 10.7. The summed E-state index contributed by atoms with van der Waals surface area (Å²) >= 11 is 15.1. The summed E-state index contributed by atoms with van der Waals surface area (Å²) in [7, 11) is -4.24. The molecule has 2 aromatic carbocycles. The topological polar surface area (TPSA) is 89.5 Å². The maximum atomic E-state index is 13.6. The molecule has 1 aromatic heterocycles. The molecule has 2 heterocycles. The minimum absolute atomic E-state index is 0.0425. The van der Waals surface area contributed by atoms with E-state index in [2.05, 4.69) is 31.0 Å². The lowest BCUT2D eigenvalue weighted by atomic mass is 10.1. The number of anilines is 1. The number of nitrogens with one attached hydrogen (secondary N) is 2. The zero-order valence-electron chi connectivity index (χ0n) is 19.0. The highest BCUT2D eigenvalue weighted by molar-refractivity contribution is 9.10. The number of hydrogen-bond donors (Lipinski definition) is 2. The fourth-order valence-corrected chi connectivity index (χ4v) is 5.70. The van der Waals surface area contributed by atoms with Crippen LogP contribution in [0.25, 0.3) is 0 Å². The first kappa shape index (κ1) is 27.8. The quantitative estimate of drug-likeness (QED) is 0.292. The Hall–Kier alpha value is -2.25. The van der Waals surface area contributed by atoms with Gasteiger partial charge in [-0.05, 0) is 65.8 Å². The van der Waals surface area contributed by atoms with Gasteiger partial charge in [0.2, 0.25) is 5.88 Å². The molecule has 1 aliphatic heterocycles. The Labute approximate surface area is 229 Å². The maximum absolute atomic E-state index is 13.6. The zero-order valence-corrected chi connectivity index (χ0v) is 22.9. The standard InChI is InChI=1S/C23H19BrCl2F3N3O4S/c1-22(4-5-30-12-22)36-20-9-15(2-3-18(20)23(27,28)29)32-37(33,34)17-10-19(24)21(31-11-17)35-16-7-13(25)6-14(26)8-16/h2-3,6-11,30,32H,4-5,12H2,1H3/t22-/m1/s1. The molecule has 7 nitrogen and oxygen atoms in total. The third-order valence-electron chi connectivity index (χ3n) is 5.37. The molecule has 0 unspecified atom stereocenters. The number of ether oxygens (including phenoxy) is 2. The molecule has 2 N–H and O–H groups in total. The van der Waals surface area contributed by atoms with Crippen molar-refractivity contribution in [3.63, 3.8) is 0 Å². The molecule has 0 amide bonds. The first-order chi connectivity index (χ1) is 17.2. The van der Waals surface area contributed by atoms with Gasteiger partial charge in [-0.15, -0.1) is 0 Å². The highest BCUT2D eigenvalue weighted by Crippen LogP contribution is 2.40. The second kappa shape index (κ2) is 10.5. The molecule has 1 fully saturated rings. The smallest absolute Gasteiger partial charge is 0.419 e. The van der Waals surface area contributed by atoms with Crippen LogP contribution in [0.5, 0.6) is 17.4 Å². The fourth-order valence-electron chi connectivity index (χ4n) is 3.59. The van der Waals surface area contributed by atoms with E-state index in [-0.39, 0.29) is 26.7 Å². The van der Waals surface area contributed by atoms with E-state index in [0.717, 1.165) is 24.4 Å². The van der Waals surface area contributed by atoms with Crippen molar-refractivity contribution in [3.8, 4) is 17.4 Å². The van der Waals surface area contributed by atoms with E-state index in [0.29, 0.717) is 29.6 Å². The average molecular weight is 641 g/mol. The van der Waals surface area contributed by atoms with Gasteiger partial charge in [0.15, 0.2) is 0 Å². The van der Waals surface area contributed by atoms with Gasteiger partial charge in [-0.1, -0.05) is 23.2 Å². The number of halogens is 6. The highest BCUT2D eigenvalue weighted by Gasteiger charge is 2.38. The van der Waals surface area contributed by atoms with Crippen molar-refractivity contribution in [1.82, 2.24) is 10.3 Å². The minimum Gasteiger partial charge on any atom is -0.485 e. The van der Waals surface area contributed by atoms with Crippen LogP contribution in [0.3, 0.4) is 0 Å². The number of sulfonamides is 1. The summed E-state index contributed by atoms with van der Waals surface area (Å²) in [6.45, 7) is 2.64. The predicted octanol–water partition coefficient (Wildman–Crippen LogP) is 6.89.